The van der Waals surface area contributed by atoms with Crippen LogP contribution < -0.4 is 10.2 Å². The molecule has 0 radical (unpaired) electrons. The Morgan fingerprint density at radius 3 is 2.44 bits per heavy atom. The van der Waals surface area contributed by atoms with Gasteiger partial charge in [0.1, 0.15) is 0 Å². The van der Waals surface area contributed by atoms with E-state index in [-0.39, 0.29) is 24.4 Å². The van der Waals surface area contributed by atoms with Gasteiger partial charge in [0.2, 0.25) is 15.9 Å². The van der Waals surface area contributed by atoms with Crippen molar-refractivity contribution in [2.75, 3.05) is 25.0 Å². The molecule has 0 aliphatic carbocycles. The van der Waals surface area contributed by atoms with Crippen molar-refractivity contribution in [1.82, 2.24) is 9.62 Å². The van der Waals surface area contributed by atoms with Crippen molar-refractivity contribution in [3.63, 3.8) is 0 Å². The Morgan fingerprint density at radius 1 is 1.24 bits per heavy atom. The third kappa shape index (κ3) is 3.69. The van der Waals surface area contributed by atoms with Crippen LogP contribution in [0.3, 0.4) is 0 Å². The van der Waals surface area contributed by atoms with Crippen molar-refractivity contribution in [1.29, 1.82) is 0 Å². The molecule has 0 saturated carbocycles. The van der Waals surface area contributed by atoms with Crippen LogP contribution in [0, 0.1) is 0 Å². The zero-order valence-electron chi connectivity index (χ0n) is 14.9. The molecule has 1 fully saturated rings. The molecule has 0 spiro atoms. The largest absolute Gasteiger partial charge is 0.317 e. The molecule has 2 heterocycles. The van der Waals surface area contributed by atoms with Crippen molar-refractivity contribution in [3.05, 3.63) is 23.8 Å². The fourth-order valence-electron chi connectivity index (χ4n) is 3.78. The van der Waals surface area contributed by atoms with E-state index in [2.05, 4.69) is 5.32 Å². The van der Waals surface area contributed by atoms with Gasteiger partial charge in [0, 0.05) is 37.8 Å². The number of benzene rings is 1. The van der Waals surface area contributed by atoms with Gasteiger partial charge in [-0.25, -0.2) is 8.42 Å². The highest BCUT2D eigenvalue weighted by Crippen LogP contribution is 2.34. The molecule has 3 rings (SSSR count). The van der Waals surface area contributed by atoms with E-state index in [1.54, 1.807) is 34.3 Å². The normalized spacial score (nSPS) is 21.7. The van der Waals surface area contributed by atoms with Crippen LogP contribution in [0.5, 0.6) is 0 Å². The average Bonchev–Trinajstić information content (AvgIpc) is 2.89. The van der Waals surface area contributed by atoms with Gasteiger partial charge in [-0.3, -0.25) is 4.79 Å². The molecule has 1 N–H and O–H groups in total. The standard InChI is InChI=1S/C17H25N3O3S.ClH/c1-12-10-14-11-16(4-5-17(14)20(12)13(2)21)24(22,23)19-8-6-15(18-3)7-9-19;/h4-5,11-12,15,18H,6-10H2,1-3H3;1H. The molecule has 1 saturated heterocycles. The maximum absolute atomic E-state index is 12.9. The summed E-state index contributed by atoms with van der Waals surface area (Å²) in [5, 5.41) is 3.21. The first-order chi connectivity index (χ1) is 11.3. The maximum Gasteiger partial charge on any atom is 0.243 e. The number of sulfonamides is 1. The molecule has 140 valence electrons. The van der Waals surface area contributed by atoms with Crippen molar-refractivity contribution in [2.24, 2.45) is 0 Å². The summed E-state index contributed by atoms with van der Waals surface area (Å²) in [5.41, 5.74) is 1.77. The van der Waals surface area contributed by atoms with Crippen LogP contribution >= 0.6 is 12.4 Å². The van der Waals surface area contributed by atoms with E-state index in [1.807, 2.05) is 14.0 Å². The predicted octanol–water partition coefficient (Wildman–Crippen LogP) is 1.78. The van der Waals surface area contributed by atoms with E-state index in [0.717, 1.165) is 24.1 Å². The van der Waals surface area contributed by atoms with E-state index in [0.29, 0.717) is 30.4 Å². The summed E-state index contributed by atoms with van der Waals surface area (Å²) in [5.74, 6) is -0.00834. The van der Waals surface area contributed by atoms with Gasteiger partial charge in [-0.15, -0.1) is 12.4 Å². The second-order valence-electron chi connectivity index (χ2n) is 6.70. The summed E-state index contributed by atoms with van der Waals surface area (Å²) >= 11 is 0. The molecule has 1 amide bonds. The quantitative estimate of drug-likeness (QED) is 0.858. The molecular formula is C17H26ClN3O3S. The molecule has 6 nitrogen and oxygen atoms in total. The van der Waals surface area contributed by atoms with Gasteiger partial charge < -0.3 is 10.2 Å². The van der Waals surface area contributed by atoms with E-state index < -0.39 is 10.0 Å². The van der Waals surface area contributed by atoms with Crippen LogP contribution in [0.2, 0.25) is 0 Å². The molecule has 8 heteroatoms. The zero-order chi connectivity index (χ0) is 17.5. The topological polar surface area (TPSA) is 69.7 Å². The molecule has 2 aliphatic heterocycles. The second kappa shape index (κ2) is 7.61. The number of nitrogens with zero attached hydrogens (tertiary/aromatic N) is 2. The zero-order valence-corrected chi connectivity index (χ0v) is 16.5. The number of anilines is 1. The molecule has 0 aromatic heterocycles. The minimum atomic E-state index is -3.47. The lowest BCUT2D eigenvalue weighted by Crippen LogP contribution is -2.43. The second-order valence-corrected chi connectivity index (χ2v) is 8.64. The number of rotatable bonds is 3. The number of hydrogen-bond donors (Lipinski definition) is 1. The van der Waals surface area contributed by atoms with Crippen LogP contribution in [-0.2, 0) is 21.2 Å². The highest BCUT2D eigenvalue weighted by molar-refractivity contribution is 7.89. The summed E-state index contributed by atoms with van der Waals surface area (Å²) in [6.07, 6.45) is 2.35. The summed E-state index contributed by atoms with van der Waals surface area (Å²) in [7, 11) is -1.55. The molecule has 0 bridgehead atoms. The number of fused-ring (bicyclic) bond motifs is 1. The SMILES string of the molecule is CNC1CCN(S(=O)(=O)c2ccc3c(c2)CC(C)N3C(C)=O)CC1.Cl. The first kappa shape index (κ1) is 20.2. The number of carbonyl (C=O) groups excluding carboxylic acids is 1. The van der Waals surface area contributed by atoms with Crippen molar-refractivity contribution < 1.29 is 13.2 Å². The van der Waals surface area contributed by atoms with Gasteiger partial charge in [0.05, 0.1) is 4.90 Å². The summed E-state index contributed by atoms with van der Waals surface area (Å²) in [4.78, 5) is 13.9. The Labute approximate surface area is 156 Å². The molecule has 25 heavy (non-hydrogen) atoms. The van der Waals surface area contributed by atoms with Crippen LogP contribution in [-0.4, -0.2) is 50.9 Å². The van der Waals surface area contributed by atoms with Crippen LogP contribution in [0.15, 0.2) is 23.1 Å². The Morgan fingerprint density at radius 2 is 1.88 bits per heavy atom. The monoisotopic (exact) mass is 387 g/mol. The van der Waals surface area contributed by atoms with Gasteiger partial charge in [0.25, 0.3) is 0 Å². The van der Waals surface area contributed by atoms with Gasteiger partial charge in [-0.05, 0) is 57.0 Å². The van der Waals surface area contributed by atoms with Crippen LogP contribution in [0.1, 0.15) is 32.3 Å². The predicted molar refractivity (Wildman–Crippen MR) is 101 cm³/mol. The Balaban J connectivity index is 0.00000225. The molecule has 1 atom stereocenters. The Bertz CT molecular complexity index is 746. The van der Waals surface area contributed by atoms with Crippen LogP contribution in [0.4, 0.5) is 5.69 Å². The molecule has 2 aliphatic rings. The number of halogens is 1. The third-order valence-corrected chi connectivity index (χ3v) is 7.00. The van der Waals surface area contributed by atoms with E-state index in [1.165, 1.54) is 0 Å². The third-order valence-electron chi connectivity index (χ3n) is 5.11. The van der Waals surface area contributed by atoms with E-state index in [4.69, 9.17) is 0 Å². The smallest absolute Gasteiger partial charge is 0.243 e. The fourth-order valence-corrected chi connectivity index (χ4v) is 5.30. The summed E-state index contributed by atoms with van der Waals surface area (Å²) < 4.78 is 27.4. The van der Waals surface area contributed by atoms with Gasteiger partial charge in [-0.2, -0.15) is 4.31 Å². The maximum atomic E-state index is 12.9. The number of carbonyl (C=O) groups is 1. The molecule has 1 unspecified atom stereocenters. The van der Waals surface area contributed by atoms with Gasteiger partial charge >= 0.3 is 0 Å². The number of hydrogen-bond acceptors (Lipinski definition) is 4. The average molecular weight is 388 g/mol. The minimum Gasteiger partial charge on any atom is -0.317 e. The molecular weight excluding hydrogens is 362 g/mol. The van der Waals surface area contributed by atoms with Gasteiger partial charge in [-0.1, -0.05) is 0 Å². The highest BCUT2D eigenvalue weighted by atomic mass is 35.5. The first-order valence-electron chi connectivity index (χ1n) is 8.44. The summed E-state index contributed by atoms with van der Waals surface area (Å²) in [6, 6.07) is 5.61. The first-order valence-corrected chi connectivity index (χ1v) is 9.88. The fraction of sp³-hybridized carbons (Fsp3) is 0.588. The van der Waals surface area contributed by atoms with Crippen molar-refractivity contribution >= 4 is 34.0 Å². The van der Waals surface area contributed by atoms with Crippen molar-refractivity contribution in [2.45, 2.75) is 50.1 Å². The minimum absolute atomic E-state index is 0. The lowest BCUT2D eigenvalue weighted by molar-refractivity contribution is -0.116. The number of amides is 1. The van der Waals surface area contributed by atoms with Crippen LogP contribution in [0.25, 0.3) is 0 Å². The molecule has 1 aromatic rings. The molecule has 1 aromatic carbocycles. The lowest BCUT2D eigenvalue weighted by Gasteiger charge is -2.31. The Hall–Kier alpha value is -1.15. The van der Waals surface area contributed by atoms with Crippen molar-refractivity contribution in [3.8, 4) is 0 Å². The summed E-state index contributed by atoms with van der Waals surface area (Å²) in [6.45, 7) is 4.61. The van der Waals surface area contributed by atoms with E-state index >= 15 is 0 Å². The number of piperidine rings is 1. The Kier molecular flexibility index (Phi) is 6.14. The lowest BCUT2D eigenvalue weighted by atomic mass is 10.1. The number of nitrogens with one attached hydrogen (secondary N) is 1. The van der Waals surface area contributed by atoms with Gasteiger partial charge in [0.15, 0.2) is 0 Å². The highest BCUT2D eigenvalue weighted by Gasteiger charge is 2.33. The van der Waals surface area contributed by atoms with E-state index in [9.17, 15) is 13.2 Å².